The van der Waals surface area contributed by atoms with Crippen LogP contribution < -0.4 is 5.32 Å². The lowest BCUT2D eigenvalue weighted by atomic mass is 9.89. The zero-order valence-corrected chi connectivity index (χ0v) is 12.8. The van der Waals surface area contributed by atoms with Crippen LogP contribution in [-0.2, 0) is 12.8 Å². The standard InChI is InChI=1S/C17H25NS/c1-13(18-17-8-10-19-11-9-17)15-7-6-14-4-2-3-5-16(14)12-15/h6-7,12-13,17-18H,2-5,8-11H2,1H3/t13-/m0/s1. The lowest BCUT2D eigenvalue weighted by molar-refractivity contribution is 0.431. The van der Waals surface area contributed by atoms with Gasteiger partial charge in [-0.25, -0.2) is 0 Å². The second-order valence-electron chi connectivity index (χ2n) is 6.01. The minimum Gasteiger partial charge on any atom is -0.307 e. The zero-order chi connectivity index (χ0) is 13.1. The van der Waals surface area contributed by atoms with Gasteiger partial charge in [0.15, 0.2) is 0 Å². The fraction of sp³-hybridized carbons (Fsp3) is 0.647. The average molecular weight is 275 g/mol. The Hall–Kier alpha value is -0.470. The average Bonchev–Trinajstić information content (AvgIpc) is 2.48. The molecule has 1 aliphatic heterocycles. The fourth-order valence-corrected chi connectivity index (χ4v) is 4.44. The Kier molecular flexibility index (Phi) is 4.49. The van der Waals surface area contributed by atoms with Crippen molar-refractivity contribution < 1.29 is 0 Å². The second-order valence-corrected chi connectivity index (χ2v) is 7.24. The highest BCUT2D eigenvalue weighted by Crippen LogP contribution is 2.26. The first-order valence-corrected chi connectivity index (χ1v) is 8.94. The lowest BCUT2D eigenvalue weighted by Crippen LogP contribution is -2.34. The number of nitrogens with one attached hydrogen (secondary N) is 1. The van der Waals surface area contributed by atoms with Gasteiger partial charge in [0, 0.05) is 12.1 Å². The molecule has 1 atom stereocenters. The van der Waals surface area contributed by atoms with E-state index in [0.29, 0.717) is 6.04 Å². The lowest BCUT2D eigenvalue weighted by Gasteiger charge is -2.27. The molecule has 1 nitrogen and oxygen atoms in total. The molecule has 1 fully saturated rings. The van der Waals surface area contributed by atoms with Crippen LogP contribution in [0.1, 0.15) is 55.3 Å². The van der Waals surface area contributed by atoms with Crippen LogP contribution in [0.5, 0.6) is 0 Å². The molecule has 1 N–H and O–H groups in total. The summed E-state index contributed by atoms with van der Waals surface area (Å²) < 4.78 is 0. The van der Waals surface area contributed by atoms with Crippen molar-refractivity contribution in [2.75, 3.05) is 11.5 Å². The summed E-state index contributed by atoms with van der Waals surface area (Å²) in [5.74, 6) is 2.66. The van der Waals surface area contributed by atoms with E-state index >= 15 is 0 Å². The number of thioether (sulfide) groups is 1. The predicted octanol–water partition coefficient (Wildman–Crippen LogP) is 4.11. The topological polar surface area (TPSA) is 12.0 Å². The number of rotatable bonds is 3. The van der Waals surface area contributed by atoms with Crippen LogP contribution in [0, 0.1) is 0 Å². The maximum absolute atomic E-state index is 3.83. The highest BCUT2D eigenvalue weighted by molar-refractivity contribution is 7.99. The molecule has 1 aliphatic carbocycles. The number of hydrogen-bond acceptors (Lipinski definition) is 2. The first kappa shape index (κ1) is 13.5. The highest BCUT2D eigenvalue weighted by atomic mass is 32.2. The molecule has 104 valence electrons. The third-order valence-electron chi connectivity index (χ3n) is 4.58. The molecule has 0 saturated carbocycles. The van der Waals surface area contributed by atoms with Crippen molar-refractivity contribution in [1.82, 2.24) is 5.32 Å². The second kappa shape index (κ2) is 6.32. The molecule has 0 spiro atoms. The summed E-state index contributed by atoms with van der Waals surface area (Å²) in [5, 5.41) is 3.83. The van der Waals surface area contributed by atoms with E-state index in [2.05, 4.69) is 42.2 Å². The minimum atomic E-state index is 0.500. The van der Waals surface area contributed by atoms with Gasteiger partial charge in [0.1, 0.15) is 0 Å². The summed E-state index contributed by atoms with van der Waals surface area (Å²) in [4.78, 5) is 0. The molecule has 1 aromatic rings. The Labute approximate surface area is 121 Å². The Balaban J connectivity index is 1.67. The Morgan fingerprint density at radius 3 is 2.63 bits per heavy atom. The summed E-state index contributed by atoms with van der Waals surface area (Å²) in [7, 11) is 0. The first-order valence-electron chi connectivity index (χ1n) is 7.78. The van der Waals surface area contributed by atoms with Gasteiger partial charge in [-0.3, -0.25) is 0 Å². The first-order chi connectivity index (χ1) is 9.33. The molecule has 1 saturated heterocycles. The Morgan fingerprint density at radius 1 is 1.11 bits per heavy atom. The molecule has 0 unspecified atom stereocenters. The summed E-state index contributed by atoms with van der Waals surface area (Å²) in [6.07, 6.45) is 7.99. The van der Waals surface area contributed by atoms with Crippen molar-refractivity contribution in [2.45, 2.75) is 57.5 Å². The van der Waals surface area contributed by atoms with E-state index in [4.69, 9.17) is 0 Å². The number of aryl methyl sites for hydroxylation is 2. The van der Waals surface area contributed by atoms with Crippen LogP contribution in [0.15, 0.2) is 18.2 Å². The van der Waals surface area contributed by atoms with Gasteiger partial charge >= 0.3 is 0 Å². The molecule has 1 aromatic carbocycles. The van der Waals surface area contributed by atoms with Gasteiger partial charge in [-0.05, 0) is 73.6 Å². The highest BCUT2D eigenvalue weighted by Gasteiger charge is 2.17. The van der Waals surface area contributed by atoms with Crippen molar-refractivity contribution in [3.63, 3.8) is 0 Å². The van der Waals surface area contributed by atoms with Crippen LogP contribution in [0.3, 0.4) is 0 Å². The number of fused-ring (bicyclic) bond motifs is 1. The van der Waals surface area contributed by atoms with E-state index in [0.717, 1.165) is 6.04 Å². The minimum absolute atomic E-state index is 0.500. The maximum Gasteiger partial charge on any atom is 0.0294 e. The van der Waals surface area contributed by atoms with Gasteiger partial charge in [-0.1, -0.05) is 18.2 Å². The molecule has 0 bridgehead atoms. The van der Waals surface area contributed by atoms with Crippen molar-refractivity contribution in [3.05, 3.63) is 34.9 Å². The van der Waals surface area contributed by atoms with Crippen molar-refractivity contribution in [3.8, 4) is 0 Å². The Morgan fingerprint density at radius 2 is 1.84 bits per heavy atom. The molecular formula is C17H25NS. The molecule has 0 radical (unpaired) electrons. The monoisotopic (exact) mass is 275 g/mol. The molecular weight excluding hydrogens is 250 g/mol. The summed E-state index contributed by atoms with van der Waals surface area (Å²) in [6.45, 7) is 2.33. The smallest absolute Gasteiger partial charge is 0.0294 e. The van der Waals surface area contributed by atoms with Crippen molar-refractivity contribution >= 4 is 11.8 Å². The van der Waals surface area contributed by atoms with Crippen LogP contribution in [-0.4, -0.2) is 17.5 Å². The third kappa shape index (κ3) is 3.35. The molecule has 2 heteroatoms. The van der Waals surface area contributed by atoms with E-state index in [-0.39, 0.29) is 0 Å². The molecule has 1 heterocycles. The van der Waals surface area contributed by atoms with E-state index < -0.39 is 0 Å². The van der Waals surface area contributed by atoms with Crippen LogP contribution in [0.25, 0.3) is 0 Å². The van der Waals surface area contributed by atoms with E-state index in [1.54, 1.807) is 11.1 Å². The predicted molar refractivity (Wildman–Crippen MR) is 85.0 cm³/mol. The number of benzene rings is 1. The molecule has 0 aromatic heterocycles. The normalized spacial score (nSPS) is 21.9. The quantitative estimate of drug-likeness (QED) is 0.891. The van der Waals surface area contributed by atoms with Gasteiger partial charge in [-0.2, -0.15) is 11.8 Å². The van der Waals surface area contributed by atoms with Gasteiger partial charge in [-0.15, -0.1) is 0 Å². The number of hydrogen-bond donors (Lipinski definition) is 1. The molecule has 0 amide bonds. The van der Waals surface area contributed by atoms with Crippen molar-refractivity contribution in [1.29, 1.82) is 0 Å². The van der Waals surface area contributed by atoms with E-state index in [1.165, 1.54) is 55.6 Å². The third-order valence-corrected chi connectivity index (χ3v) is 5.63. The van der Waals surface area contributed by atoms with Gasteiger partial charge in [0.05, 0.1) is 0 Å². The molecule has 19 heavy (non-hydrogen) atoms. The van der Waals surface area contributed by atoms with Crippen LogP contribution >= 0.6 is 11.8 Å². The van der Waals surface area contributed by atoms with Crippen LogP contribution in [0.4, 0.5) is 0 Å². The van der Waals surface area contributed by atoms with Crippen molar-refractivity contribution in [2.24, 2.45) is 0 Å². The van der Waals surface area contributed by atoms with E-state index in [1.807, 2.05) is 0 Å². The summed E-state index contributed by atoms with van der Waals surface area (Å²) in [5.41, 5.74) is 4.69. The summed E-state index contributed by atoms with van der Waals surface area (Å²) in [6, 6.07) is 8.41. The molecule has 3 rings (SSSR count). The van der Waals surface area contributed by atoms with E-state index in [9.17, 15) is 0 Å². The fourth-order valence-electron chi connectivity index (χ4n) is 3.34. The van der Waals surface area contributed by atoms with Gasteiger partial charge < -0.3 is 5.32 Å². The van der Waals surface area contributed by atoms with Crippen LogP contribution in [0.2, 0.25) is 0 Å². The summed E-state index contributed by atoms with van der Waals surface area (Å²) >= 11 is 2.10. The van der Waals surface area contributed by atoms with Gasteiger partial charge in [0.25, 0.3) is 0 Å². The van der Waals surface area contributed by atoms with Gasteiger partial charge in [0.2, 0.25) is 0 Å². The zero-order valence-electron chi connectivity index (χ0n) is 12.0. The molecule has 2 aliphatic rings. The SMILES string of the molecule is C[C@H](NC1CCSCC1)c1ccc2c(c1)CCCC2. The maximum atomic E-state index is 3.83. The Bertz CT molecular complexity index is 423. The largest absolute Gasteiger partial charge is 0.307 e.